The third-order valence-corrected chi connectivity index (χ3v) is 3.88. The van der Waals surface area contributed by atoms with Crippen LogP contribution >= 0.6 is 0 Å². The SMILES string of the molecule is CN(C)CCCOc1ccc(CN2CC(C(=O)O)CC2=O)cc1. The first-order valence-electron chi connectivity index (χ1n) is 7.83. The molecule has 23 heavy (non-hydrogen) atoms. The van der Waals surface area contributed by atoms with Gasteiger partial charge >= 0.3 is 5.97 Å². The van der Waals surface area contributed by atoms with E-state index in [1.165, 1.54) is 0 Å². The van der Waals surface area contributed by atoms with Crippen LogP contribution in [0, 0.1) is 5.92 Å². The largest absolute Gasteiger partial charge is 0.494 e. The first-order chi connectivity index (χ1) is 11.0. The van der Waals surface area contributed by atoms with Gasteiger partial charge in [0.25, 0.3) is 0 Å². The van der Waals surface area contributed by atoms with Crippen LogP contribution in [0.25, 0.3) is 0 Å². The first-order valence-corrected chi connectivity index (χ1v) is 7.83. The molecule has 2 rings (SSSR count). The summed E-state index contributed by atoms with van der Waals surface area (Å²) in [7, 11) is 4.06. The van der Waals surface area contributed by atoms with E-state index in [1.54, 1.807) is 4.90 Å². The Labute approximate surface area is 136 Å². The minimum atomic E-state index is -0.901. The molecule has 6 nitrogen and oxygen atoms in total. The maximum absolute atomic E-state index is 11.8. The number of carboxylic acids is 1. The number of hydrogen-bond donors (Lipinski definition) is 1. The number of carbonyl (C=O) groups excluding carboxylic acids is 1. The summed E-state index contributed by atoms with van der Waals surface area (Å²) in [5, 5.41) is 8.99. The van der Waals surface area contributed by atoms with Gasteiger partial charge in [-0.2, -0.15) is 0 Å². The van der Waals surface area contributed by atoms with Crippen molar-refractivity contribution in [3.05, 3.63) is 29.8 Å². The van der Waals surface area contributed by atoms with Gasteiger partial charge in [0.05, 0.1) is 12.5 Å². The predicted molar refractivity (Wildman–Crippen MR) is 86.3 cm³/mol. The van der Waals surface area contributed by atoms with Crippen molar-refractivity contribution in [3.63, 3.8) is 0 Å². The average molecular weight is 320 g/mol. The lowest BCUT2D eigenvalue weighted by atomic mass is 10.1. The lowest BCUT2D eigenvalue weighted by Crippen LogP contribution is -2.25. The van der Waals surface area contributed by atoms with Crippen LogP contribution < -0.4 is 4.74 Å². The number of ether oxygens (including phenoxy) is 1. The number of likely N-dealkylation sites (tertiary alicyclic amines) is 1. The van der Waals surface area contributed by atoms with Crippen molar-refractivity contribution in [2.45, 2.75) is 19.4 Å². The molecule has 1 aromatic carbocycles. The molecule has 1 heterocycles. The second-order valence-electron chi connectivity index (χ2n) is 6.16. The van der Waals surface area contributed by atoms with Crippen LogP contribution in [0.3, 0.4) is 0 Å². The summed E-state index contributed by atoms with van der Waals surface area (Å²) < 4.78 is 5.67. The molecule has 1 saturated heterocycles. The molecule has 0 spiro atoms. The summed E-state index contributed by atoms with van der Waals surface area (Å²) in [4.78, 5) is 26.5. The molecule has 1 fully saturated rings. The third kappa shape index (κ3) is 5.25. The number of amides is 1. The third-order valence-electron chi connectivity index (χ3n) is 3.88. The molecule has 1 aliphatic heterocycles. The van der Waals surface area contributed by atoms with E-state index < -0.39 is 11.9 Å². The zero-order valence-corrected chi connectivity index (χ0v) is 13.7. The fourth-order valence-corrected chi connectivity index (χ4v) is 2.57. The standard InChI is InChI=1S/C17H24N2O4/c1-18(2)8-3-9-23-15-6-4-13(5-7-15)11-19-12-14(17(21)22)10-16(19)20/h4-7,14H,3,8-12H2,1-2H3,(H,21,22). The summed E-state index contributed by atoms with van der Waals surface area (Å²) in [6.45, 7) is 2.39. The van der Waals surface area contributed by atoms with E-state index in [9.17, 15) is 9.59 Å². The van der Waals surface area contributed by atoms with Gasteiger partial charge in [-0.1, -0.05) is 12.1 Å². The molecule has 1 amide bonds. The van der Waals surface area contributed by atoms with Crippen molar-refractivity contribution in [1.82, 2.24) is 9.80 Å². The smallest absolute Gasteiger partial charge is 0.308 e. The Morgan fingerprint density at radius 2 is 2.04 bits per heavy atom. The first kappa shape index (κ1) is 17.3. The highest BCUT2D eigenvalue weighted by Crippen LogP contribution is 2.21. The summed E-state index contributed by atoms with van der Waals surface area (Å²) in [6, 6.07) is 7.62. The molecule has 0 radical (unpaired) electrons. The lowest BCUT2D eigenvalue weighted by molar-refractivity contribution is -0.141. The van der Waals surface area contributed by atoms with Gasteiger partial charge in [-0.15, -0.1) is 0 Å². The van der Waals surface area contributed by atoms with Gasteiger partial charge in [0, 0.05) is 26.1 Å². The van der Waals surface area contributed by atoms with Crippen LogP contribution in [0.2, 0.25) is 0 Å². The number of rotatable bonds is 8. The molecule has 1 unspecified atom stereocenters. The quantitative estimate of drug-likeness (QED) is 0.734. The molecule has 126 valence electrons. The minimum absolute atomic E-state index is 0.0959. The van der Waals surface area contributed by atoms with Gasteiger partial charge in [-0.25, -0.2) is 0 Å². The van der Waals surface area contributed by atoms with Crippen LogP contribution in [-0.4, -0.2) is 60.6 Å². The number of aliphatic carboxylic acids is 1. The molecule has 0 saturated carbocycles. The highest BCUT2D eigenvalue weighted by atomic mass is 16.5. The second kappa shape index (κ2) is 7.97. The molecule has 0 bridgehead atoms. The molecule has 0 aromatic heterocycles. The number of hydrogen-bond acceptors (Lipinski definition) is 4. The van der Waals surface area contributed by atoms with Crippen molar-refractivity contribution in [3.8, 4) is 5.75 Å². The van der Waals surface area contributed by atoms with Gasteiger partial charge < -0.3 is 19.6 Å². The van der Waals surface area contributed by atoms with Crippen LogP contribution in [0.1, 0.15) is 18.4 Å². The van der Waals surface area contributed by atoms with Crippen molar-refractivity contribution in [1.29, 1.82) is 0 Å². The van der Waals surface area contributed by atoms with Gasteiger partial charge in [-0.05, 0) is 38.2 Å². The summed E-state index contributed by atoms with van der Waals surface area (Å²) in [5.41, 5.74) is 0.977. The summed E-state index contributed by atoms with van der Waals surface area (Å²) in [6.07, 6.45) is 1.07. The number of carboxylic acid groups (broad SMARTS) is 1. The number of benzene rings is 1. The van der Waals surface area contributed by atoms with Gasteiger partial charge in [-0.3, -0.25) is 9.59 Å². The zero-order chi connectivity index (χ0) is 16.8. The van der Waals surface area contributed by atoms with E-state index in [4.69, 9.17) is 9.84 Å². The van der Waals surface area contributed by atoms with Crippen molar-refractivity contribution in [2.24, 2.45) is 5.92 Å². The Balaban J connectivity index is 1.81. The molecule has 6 heteroatoms. The van der Waals surface area contributed by atoms with Gasteiger partial charge in [0.15, 0.2) is 0 Å². The Hall–Kier alpha value is -2.08. The fraction of sp³-hybridized carbons (Fsp3) is 0.529. The highest BCUT2D eigenvalue weighted by molar-refractivity contribution is 5.86. The molecule has 0 aliphatic carbocycles. The average Bonchev–Trinajstić information content (AvgIpc) is 2.86. The minimum Gasteiger partial charge on any atom is -0.494 e. The molecule has 1 aliphatic rings. The summed E-state index contributed by atoms with van der Waals surface area (Å²) in [5.74, 6) is -0.769. The Morgan fingerprint density at radius 3 is 2.61 bits per heavy atom. The Bertz CT molecular complexity index is 542. The van der Waals surface area contributed by atoms with E-state index in [1.807, 2.05) is 38.4 Å². The Morgan fingerprint density at radius 1 is 1.35 bits per heavy atom. The molecule has 1 N–H and O–H groups in total. The van der Waals surface area contributed by atoms with Crippen molar-refractivity contribution < 1.29 is 19.4 Å². The van der Waals surface area contributed by atoms with E-state index in [2.05, 4.69) is 4.90 Å². The topological polar surface area (TPSA) is 70.1 Å². The predicted octanol–water partition coefficient (Wildman–Crippen LogP) is 1.45. The van der Waals surface area contributed by atoms with Crippen LogP contribution in [0.5, 0.6) is 5.75 Å². The maximum Gasteiger partial charge on any atom is 0.308 e. The number of nitrogens with zero attached hydrogens (tertiary/aromatic N) is 2. The second-order valence-corrected chi connectivity index (χ2v) is 6.16. The molecular weight excluding hydrogens is 296 g/mol. The fourth-order valence-electron chi connectivity index (χ4n) is 2.57. The van der Waals surface area contributed by atoms with Gasteiger partial charge in [0.1, 0.15) is 5.75 Å². The molecule has 1 atom stereocenters. The van der Waals surface area contributed by atoms with Crippen LogP contribution in [0.4, 0.5) is 0 Å². The zero-order valence-electron chi connectivity index (χ0n) is 13.7. The van der Waals surface area contributed by atoms with Crippen molar-refractivity contribution >= 4 is 11.9 Å². The van der Waals surface area contributed by atoms with Crippen LogP contribution in [0.15, 0.2) is 24.3 Å². The maximum atomic E-state index is 11.8. The van der Waals surface area contributed by atoms with Crippen molar-refractivity contribution in [2.75, 3.05) is 33.8 Å². The molecule has 1 aromatic rings. The highest BCUT2D eigenvalue weighted by Gasteiger charge is 2.33. The normalized spacial score (nSPS) is 17.8. The van der Waals surface area contributed by atoms with Crippen LogP contribution in [-0.2, 0) is 16.1 Å². The lowest BCUT2D eigenvalue weighted by Gasteiger charge is -2.16. The number of carbonyl (C=O) groups is 2. The van der Waals surface area contributed by atoms with E-state index in [0.29, 0.717) is 13.2 Å². The Kier molecular flexibility index (Phi) is 5.98. The van der Waals surface area contributed by atoms with E-state index in [-0.39, 0.29) is 18.9 Å². The van der Waals surface area contributed by atoms with E-state index >= 15 is 0 Å². The monoisotopic (exact) mass is 320 g/mol. The van der Waals surface area contributed by atoms with Gasteiger partial charge in [0.2, 0.25) is 5.91 Å². The molecular formula is C17H24N2O4. The van der Waals surface area contributed by atoms with E-state index in [0.717, 1.165) is 24.3 Å². The summed E-state index contributed by atoms with van der Waals surface area (Å²) >= 11 is 0.